The molecule has 1 aliphatic carbocycles. The van der Waals surface area contributed by atoms with Crippen LogP contribution >= 0.6 is 0 Å². The quantitative estimate of drug-likeness (QED) is 0.526. The molecule has 0 aromatic carbocycles. The molecule has 0 bridgehead atoms. The maximum absolute atomic E-state index is 11.8. The van der Waals surface area contributed by atoms with Crippen LogP contribution in [-0.4, -0.2) is 12.1 Å². The Bertz CT molecular complexity index is 368. The summed E-state index contributed by atoms with van der Waals surface area (Å²) in [6.07, 6.45) is 3.30. The molecule has 0 radical (unpaired) electrons. The van der Waals surface area contributed by atoms with Crippen LogP contribution < -0.4 is 0 Å². The Labute approximate surface area is 125 Å². The molecule has 2 heteroatoms. The van der Waals surface area contributed by atoms with Crippen LogP contribution in [0.5, 0.6) is 0 Å². The fourth-order valence-corrected chi connectivity index (χ4v) is 3.22. The lowest BCUT2D eigenvalue weighted by Gasteiger charge is -2.46. The molecular formula is C18H32O2. The maximum atomic E-state index is 11.8. The van der Waals surface area contributed by atoms with Crippen molar-refractivity contribution in [2.24, 2.45) is 22.7 Å². The second kappa shape index (κ2) is 5.91. The van der Waals surface area contributed by atoms with E-state index in [0.717, 1.165) is 19.3 Å². The van der Waals surface area contributed by atoms with E-state index >= 15 is 0 Å². The predicted octanol–water partition coefficient (Wildman–Crippen LogP) is 4.98. The van der Waals surface area contributed by atoms with Gasteiger partial charge in [-0.3, -0.25) is 0 Å². The monoisotopic (exact) mass is 280 g/mol. The zero-order valence-corrected chi connectivity index (χ0v) is 14.4. The van der Waals surface area contributed by atoms with Crippen LogP contribution in [0.1, 0.15) is 67.7 Å². The van der Waals surface area contributed by atoms with Crippen LogP contribution in [-0.2, 0) is 9.53 Å². The van der Waals surface area contributed by atoms with Crippen molar-refractivity contribution in [3.63, 3.8) is 0 Å². The Morgan fingerprint density at radius 2 is 1.60 bits per heavy atom. The van der Waals surface area contributed by atoms with Crippen LogP contribution in [0.3, 0.4) is 0 Å². The molecule has 1 rings (SSSR count). The first-order valence-corrected chi connectivity index (χ1v) is 7.79. The van der Waals surface area contributed by atoms with Gasteiger partial charge in [0, 0.05) is 11.5 Å². The van der Waals surface area contributed by atoms with E-state index in [0.29, 0.717) is 22.8 Å². The van der Waals surface area contributed by atoms with Crippen LogP contribution in [0.15, 0.2) is 12.2 Å². The van der Waals surface area contributed by atoms with Gasteiger partial charge in [-0.25, -0.2) is 4.79 Å². The fraction of sp³-hybridized carbons (Fsp3) is 0.833. The average molecular weight is 280 g/mol. The van der Waals surface area contributed by atoms with Crippen molar-refractivity contribution < 1.29 is 9.53 Å². The van der Waals surface area contributed by atoms with Gasteiger partial charge in [0.15, 0.2) is 0 Å². The number of rotatable bonds is 2. The minimum absolute atomic E-state index is 0.0396. The molecule has 1 aliphatic rings. The Balaban J connectivity index is 2.86. The van der Waals surface area contributed by atoms with E-state index in [9.17, 15) is 4.79 Å². The maximum Gasteiger partial charge on any atom is 0.333 e. The molecule has 1 fully saturated rings. The molecule has 0 aromatic heterocycles. The summed E-state index contributed by atoms with van der Waals surface area (Å²) in [6, 6.07) is 0. The highest BCUT2D eigenvalue weighted by Crippen LogP contribution is 2.47. The van der Waals surface area contributed by atoms with Crippen LogP contribution in [0, 0.1) is 22.7 Å². The van der Waals surface area contributed by atoms with Gasteiger partial charge in [-0.2, -0.15) is 0 Å². The van der Waals surface area contributed by atoms with Crippen LogP contribution in [0.4, 0.5) is 0 Å². The van der Waals surface area contributed by atoms with E-state index in [1.807, 2.05) is 0 Å². The second-order valence-electron chi connectivity index (χ2n) is 8.57. The number of hydrogen-bond donors (Lipinski definition) is 0. The number of carbonyl (C=O) groups is 1. The van der Waals surface area contributed by atoms with Crippen molar-refractivity contribution in [1.29, 1.82) is 0 Å². The standard InChI is InChI=1S/C18H32O2/c1-12(2)16(19)20-15-10-9-13(17(3,4)5)11-14(15)18(6,7)8/h13-15H,1,9-11H2,2-8H3. The van der Waals surface area contributed by atoms with Gasteiger partial charge >= 0.3 is 5.97 Å². The van der Waals surface area contributed by atoms with Crippen molar-refractivity contribution in [2.45, 2.75) is 73.8 Å². The molecule has 116 valence electrons. The minimum atomic E-state index is -0.238. The van der Waals surface area contributed by atoms with Crippen LogP contribution in [0.25, 0.3) is 0 Å². The first-order valence-electron chi connectivity index (χ1n) is 7.79. The Morgan fingerprint density at radius 3 is 2.00 bits per heavy atom. The summed E-state index contributed by atoms with van der Waals surface area (Å²) in [4.78, 5) is 11.8. The molecule has 0 heterocycles. The van der Waals surface area contributed by atoms with Crippen LogP contribution in [0.2, 0.25) is 0 Å². The minimum Gasteiger partial charge on any atom is -0.459 e. The zero-order valence-electron chi connectivity index (χ0n) is 14.4. The Hall–Kier alpha value is -0.790. The van der Waals surface area contributed by atoms with Gasteiger partial charge in [-0.1, -0.05) is 48.1 Å². The SMILES string of the molecule is C=C(C)C(=O)OC1CCC(C(C)(C)C)CC1C(C)(C)C. The van der Waals surface area contributed by atoms with Gasteiger partial charge in [0.1, 0.15) is 6.10 Å². The van der Waals surface area contributed by atoms with Crippen molar-refractivity contribution in [3.05, 3.63) is 12.2 Å². The lowest BCUT2D eigenvalue weighted by molar-refractivity contribution is -0.154. The molecule has 0 amide bonds. The summed E-state index contributed by atoms with van der Waals surface area (Å²) >= 11 is 0. The third kappa shape index (κ3) is 4.36. The molecule has 2 nitrogen and oxygen atoms in total. The number of hydrogen-bond acceptors (Lipinski definition) is 2. The van der Waals surface area contributed by atoms with Gasteiger partial charge in [0.2, 0.25) is 0 Å². The Kier molecular flexibility index (Phi) is 5.10. The molecule has 20 heavy (non-hydrogen) atoms. The number of carbonyl (C=O) groups excluding carboxylic acids is 1. The first-order chi connectivity index (χ1) is 8.93. The lowest BCUT2D eigenvalue weighted by atomic mass is 9.62. The Morgan fingerprint density at radius 1 is 1.05 bits per heavy atom. The highest BCUT2D eigenvalue weighted by molar-refractivity contribution is 5.87. The molecule has 3 unspecified atom stereocenters. The van der Waals surface area contributed by atoms with Crippen molar-refractivity contribution in [3.8, 4) is 0 Å². The summed E-state index contributed by atoms with van der Waals surface area (Å²) in [5.74, 6) is 0.883. The smallest absolute Gasteiger partial charge is 0.333 e. The molecule has 0 aliphatic heterocycles. The van der Waals surface area contributed by atoms with E-state index in [-0.39, 0.29) is 17.5 Å². The third-order valence-corrected chi connectivity index (χ3v) is 4.73. The lowest BCUT2D eigenvalue weighted by Crippen LogP contribution is -2.43. The molecule has 0 spiro atoms. The average Bonchev–Trinajstić information content (AvgIpc) is 2.26. The van der Waals surface area contributed by atoms with Gasteiger partial charge in [0.05, 0.1) is 0 Å². The van der Waals surface area contributed by atoms with E-state index in [1.165, 1.54) is 0 Å². The molecule has 0 aromatic rings. The topological polar surface area (TPSA) is 26.3 Å². The zero-order chi connectivity index (χ0) is 15.7. The van der Waals surface area contributed by atoms with Gasteiger partial charge in [0.25, 0.3) is 0 Å². The van der Waals surface area contributed by atoms with E-state index in [4.69, 9.17) is 4.74 Å². The summed E-state index contributed by atoms with van der Waals surface area (Å²) in [5, 5.41) is 0. The molecule has 0 saturated heterocycles. The summed E-state index contributed by atoms with van der Waals surface area (Å²) in [6.45, 7) is 19.1. The number of esters is 1. The van der Waals surface area contributed by atoms with Gasteiger partial charge in [-0.05, 0) is 42.9 Å². The fourth-order valence-electron chi connectivity index (χ4n) is 3.22. The van der Waals surface area contributed by atoms with Gasteiger partial charge < -0.3 is 4.74 Å². The second-order valence-corrected chi connectivity index (χ2v) is 8.57. The molecule has 3 atom stereocenters. The third-order valence-electron chi connectivity index (χ3n) is 4.73. The largest absolute Gasteiger partial charge is 0.459 e. The normalized spacial score (nSPS) is 28.1. The molecule has 1 saturated carbocycles. The summed E-state index contributed by atoms with van der Waals surface area (Å²) < 4.78 is 5.71. The predicted molar refractivity (Wildman–Crippen MR) is 84.4 cm³/mol. The summed E-state index contributed by atoms with van der Waals surface area (Å²) in [7, 11) is 0. The van der Waals surface area contributed by atoms with Gasteiger partial charge in [-0.15, -0.1) is 0 Å². The first kappa shape index (κ1) is 17.3. The molecule has 0 N–H and O–H groups in total. The molecular weight excluding hydrogens is 248 g/mol. The van der Waals surface area contributed by atoms with E-state index in [1.54, 1.807) is 6.92 Å². The van der Waals surface area contributed by atoms with E-state index in [2.05, 4.69) is 48.1 Å². The highest BCUT2D eigenvalue weighted by atomic mass is 16.5. The summed E-state index contributed by atoms with van der Waals surface area (Å²) in [5.41, 5.74) is 0.979. The number of ether oxygens (including phenoxy) is 1. The van der Waals surface area contributed by atoms with E-state index < -0.39 is 0 Å². The van der Waals surface area contributed by atoms with Crippen molar-refractivity contribution in [1.82, 2.24) is 0 Å². The highest BCUT2D eigenvalue weighted by Gasteiger charge is 2.42. The van der Waals surface area contributed by atoms with Crippen molar-refractivity contribution in [2.75, 3.05) is 0 Å². The van der Waals surface area contributed by atoms with Crippen molar-refractivity contribution >= 4 is 5.97 Å².